The summed E-state index contributed by atoms with van der Waals surface area (Å²) in [5.41, 5.74) is 0. The Morgan fingerprint density at radius 2 is 2.33 bits per heavy atom. The van der Waals surface area contributed by atoms with Gasteiger partial charge in [0.2, 0.25) is 0 Å². The van der Waals surface area contributed by atoms with Gasteiger partial charge in [0.05, 0.1) is 13.2 Å². The number of hydrogen-bond donors (Lipinski definition) is 2. The standard InChI is InChI=1S/C9H17NO2/c1-3-4-6-10-9(5-7-11)8-12-2/h9-11H,5-8H2,1-2H3. The Morgan fingerprint density at radius 3 is 2.83 bits per heavy atom. The van der Waals surface area contributed by atoms with Gasteiger partial charge >= 0.3 is 0 Å². The van der Waals surface area contributed by atoms with E-state index in [9.17, 15) is 0 Å². The summed E-state index contributed by atoms with van der Waals surface area (Å²) < 4.78 is 4.97. The molecule has 0 bridgehead atoms. The van der Waals surface area contributed by atoms with Crippen molar-refractivity contribution in [2.75, 3.05) is 26.9 Å². The second kappa shape index (κ2) is 8.54. The first-order chi connectivity index (χ1) is 5.85. The predicted octanol–water partition coefficient (Wildman–Crippen LogP) is -0.00330. The van der Waals surface area contributed by atoms with E-state index in [-0.39, 0.29) is 12.6 Å². The number of ether oxygens (including phenoxy) is 1. The van der Waals surface area contributed by atoms with Crippen molar-refractivity contribution in [3.8, 4) is 11.8 Å². The number of aliphatic hydroxyl groups is 1. The molecule has 3 nitrogen and oxygen atoms in total. The maximum atomic E-state index is 8.69. The van der Waals surface area contributed by atoms with Gasteiger partial charge in [0.25, 0.3) is 0 Å². The molecule has 3 heteroatoms. The van der Waals surface area contributed by atoms with Crippen LogP contribution in [0.2, 0.25) is 0 Å². The van der Waals surface area contributed by atoms with Gasteiger partial charge in [-0.15, -0.1) is 5.92 Å². The third-order valence-electron chi connectivity index (χ3n) is 1.50. The van der Waals surface area contributed by atoms with E-state index >= 15 is 0 Å². The smallest absolute Gasteiger partial charge is 0.0617 e. The molecule has 0 spiro atoms. The summed E-state index contributed by atoms with van der Waals surface area (Å²) in [6.07, 6.45) is 0.708. The molecule has 0 amide bonds. The number of methoxy groups -OCH3 is 1. The second-order valence-corrected chi connectivity index (χ2v) is 2.47. The molecule has 0 saturated carbocycles. The first-order valence-corrected chi connectivity index (χ1v) is 4.08. The van der Waals surface area contributed by atoms with Crippen LogP contribution >= 0.6 is 0 Å². The molecule has 12 heavy (non-hydrogen) atoms. The average molecular weight is 171 g/mol. The van der Waals surface area contributed by atoms with Crippen LogP contribution in [0.5, 0.6) is 0 Å². The highest BCUT2D eigenvalue weighted by Gasteiger charge is 2.04. The first-order valence-electron chi connectivity index (χ1n) is 4.08. The molecule has 0 heterocycles. The van der Waals surface area contributed by atoms with Crippen molar-refractivity contribution in [3.63, 3.8) is 0 Å². The van der Waals surface area contributed by atoms with Crippen molar-refractivity contribution in [1.29, 1.82) is 0 Å². The molecule has 0 fully saturated rings. The summed E-state index contributed by atoms with van der Waals surface area (Å²) in [6, 6.07) is 0.209. The fraction of sp³-hybridized carbons (Fsp3) is 0.778. The predicted molar refractivity (Wildman–Crippen MR) is 48.8 cm³/mol. The van der Waals surface area contributed by atoms with E-state index in [0.29, 0.717) is 19.6 Å². The zero-order valence-electron chi connectivity index (χ0n) is 7.76. The van der Waals surface area contributed by atoms with Gasteiger partial charge in [0.15, 0.2) is 0 Å². The van der Waals surface area contributed by atoms with Crippen molar-refractivity contribution in [3.05, 3.63) is 0 Å². The molecule has 0 aliphatic rings. The maximum absolute atomic E-state index is 8.69. The highest BCUT2D eigenvalue weighted by atomic mass is 16.5. The lowest BCUT2D eigenvalue weighted by molar-refractivity contribution is 0.150. The molecule has 0 aliphatic heterocycles. The molecule has 0 saturated heterocycles. The molecule has 0 aliphatic carbocycles. The molecular weight excluding hydrogens is 154 g/mol. The van der Waals surface area contributed by atoms with E-state index in [1.807, 2.05) is 0 Å². The molecule has 1 unspecified atom stereocenters. The highest BCUT2D eigenvalue weighted by molar-refractivity contribution is 4.97. The van der Waals surface area contributed by atoms with Crippen LogP contribution in [-0.2, 0) is 4.74 Å². The van der Waals surface area contributed by atoms with Gasteiger partial charge in [-0.05, 0) is 13.3 Å². The van der Waals surface area contributed by atoms with Gasteiger partial charge in [0, 0.05) is 19.8 Å². The first kappa shape index (κ1) is 11.4. The van der Waals surface area contributed by atoms with Crippen LogP contribution in [-0.4, -0.2) is 38.0 Å². The number of aliphatic hydroxyl groups excluding tert-OH is 1. The lowest BCUT2D eigenvalue weighted by atomic mass is 10.2. The molecule has 0 aromatic carbocycles. The van der Waals surface area contributed by atoms with Crippen LogP contribution < -0.4 is 5.32 Å². The molecule has 1 atom stereocenters. The zero-order valence-corrected chi connectivity index (χ0v) is 7.76. The second-order valence-electron chi connectivity index (χ2n) is 2.47. The number of rotatable bonds is 6. The minimum atomic E-state index is 0.181. The van der Waals surface area contributed by atoms with E-state index < -0.39 is 0 Å². The Bertz CT molecular complexity index is 142. The van der Waals surface area contributed by atoms with Gasteiger partial charge in [-0.1, -0.05) is 5.92 Å². The van der Waals surface area contributed by atoms with Crippen LogP contribution in [0, 0.1) is 11.8 Å². The molecular formula is C9H17NO2. The molecule has 70 valence electrons. The Hall–Kier alpha value is -0.560. The highest BCUT2D eigenvalue weighted by Crippen LogP contribution is 1.90. The summed E-state index contributed by atoms with van der Waals surface area (Å²) >= 11 is 0. The fourth-order valence-corrected chi connectivity index (χ4v) is 0.885. The minimum Gasteiger partial charge on any atom is -0.396 e. The topological polar surface area (TPSA) is 41.5 Å². The number of hydrogen-bond acceptors (Lipinski definition) is 3. The summed E-state index contributed by atoms with van der Waals surface area (Å²) in [4.78, 5) is 0. The summed E-state index contributed by atoms with van der Waals surface area (Å²) in [6.45, 7) is 3.26. The monoisotopic (exact) mass is 171 g/mol. The van der Waals surface area contributed by atoms with E-state index in [1.165, 1.54) is 0 Å². The van der Waals surface area contributed by atoms with Crippen molar-refractivity contribution >= 4 is 0 Å². The molecule has 2 N–H and O–H groups in total. The minimum absolute atomic E-state index is 0.181. The normalized spacial score (nSPS) is 11.9. The Balaban J connectivity index is 3.52. The third-order valence-corrected chi connectivity index (χ3v) is 1.50. The lowest BCUT2D eigenvalue weighted by Crippen LogP contribution is -2.34. The van der Waals surface area contributed by atoms with Crippen molar-refractivity contribution in [2.24, 2.45) is 0 Å². The molecule has 0 aromatic rings. The molecule has 0 rings (SSSR count). The summed E-state index contributed by atoms with van der Waals surface area (Å²) in [5.74, 6) is 5.69. The van der Waals surface area contributed by atoms with Crippen molar-refractivity contribution < 1.29 is 9.84 Å². The van der Waals surface area contributed by atoms with Crippen molar-refractivity contribution in [2.45, 2.75) is 19.4 Å². The maximum Gasteiger partial charge on any atom is 0.0617 e. The largest absolute Gasteiger partial charge is 0.396 e. The Kier molecular flexibility index (Phi) is 8.14. The number of nitrogens with one attached hydrogen (secondary N) is 1. The molecule has 0 radical (unpaired) electrons. The Labute approximate surface area is 74.1 Å². The SMILES string of the molecule is CC#CCNC(CCO)COC. The fourth-order valence-electron chi connectivity index (χ4n) is 0.885. The third kappa shape index (κ3) is 6.17. The van der Waals surface area contributed by atoms with Crippen LogP contribution in [0.1, 0.15) is 13.3 Å². The summed E-state index contributed by atoms with van der Waals surface area (Å²) in [5, 5.41) is 11.9. The molecule has 0 aromatic heterocycles. The van der Waals surface area contributed by atoms with Gasteiger partial charge in [-0.2, -0.15) is 0 Å². The van der Waals surface area contributed by atoms with Crippen LogP contribution in [0.25, 0.3) is 0 Å². The quantitative estimate of drug-likeness (QED) is 0.553. The Morgan fingerprint density at radius 1 is 1.58 bits per heavy atom. The van der Waals surface area contributed by atoms with Crippen LogP contribution in [0.15, 0.2) is 0 Å². The summed E-state index contributed by atoms with van der Waals surface area (Å²) in [7, 11) is 1.65. The lowest BCUT2D eigenvalue weighted by Gasteiger charge is -2.14. The zero-order chi connectivity index (χ0) is 9.23. The van der Waals surface area contributed by atoms with Crippen LogP contribution in [0.4, 0.5) is 0 Å². The van der Waals surface area contributed by atoms with E-state index in [4.69, 9.17) is 9.84 Å². The van der Waals surface area contributed by atoms with Gasteiger partial charge in [0.1, 0.15) is 0 Å². The van der Waals surface area contributed by atoms with Gasteiger partial charge in [-0.25, -0.2) is 0 Å². The van der Waals surface area contributed by atoms with Gasteiger partial charge in [-0.3, -0.25) is 0 Å². The average Bonchev–Trinajstić information content (AvgIpc) is 2.06. The van der Waals surface area contributed by atoms with Crippen molar-refractivity contribution in [1.82, 2.24) is 5.32 Å². The van der Waals surface area contributed by atoms with E-state index in [1.54, 1.807) is 14.0 Å². The van der Waals surface area contributed by atoms with Gasteiger partial charge < -0.3 is 15.2 Å². The van der Waals surface area contributed by atoms with E-state index in [0.717, 1.165) is 0 Å². The van der Waals surface area contributed by atoms with Crippen LogP contribution in [0.3, 0.4) is 0 Å². The van der Waals surface area contributed by atoms with E-state index in [2.05, 4.69) is 17.2 Å².